The molecule has 4 aromatic carbocycles. The standard InChI is InChI=1S/C44H52O6/c1-3-11-33(12-4-1)43(35-15-7-8-16-35)37-19-21-39-41(31-37)49-29-25-45-24-28-48-40-22-20-38(32-42(40)50-30-26-46-23-27-47-39)44(36-17-9-10-18-36)34-13-5-2-6-14-34/h1-6,11-14,19-22,31-32,35-36,43-44H,7-10,15-18,23-30H2. The molecule has 3 aliphatic rings. The van der Waals surface area contributed by atoms with Gasteiger partial charge in [-0.15, -0.1) is 0 Å². The molecule has 0 saturated heterocycles. The molecular formula is C44H52O6. The molecule has 0 N–H and O–H groups in total. The van der Waals surface area contributed by atoms with E-state index in [2.05, 4.69) is 97.1 Å². The molecule has 50 heavy (non-hydrogen) atoms. The highest BCUT2D eigenvalue weighted by Gasteiger charge is 2.30. The van der Waals surface area contributed by atoms with Gasteiger partial charge in [-0.25, -0.2) is 0 Å². The Bertz CT molecular complexity index is 1470. The van der Waals surface area contributed by atoms with Crippen LogP contribution in [0.1, 0.15) is 85.5 Å². The van der Waals surface area contributed by atoms with Gasteiger partial charge in [0, 0.05) is 11.8 Å². The van der Waals surface area contributed by atoms with E-state index in [-0.39, 0.29) is 0 Å². The quantitative estimate of drug-likeness (QED) is 0.203. The zero-order valence-corrected chi connectivity index (χ0v) is 29.3. The maximum atomic E-state index is 6.34. The molecule has 264 valence electrons. The van der Waals surface area contributed by atoms with Gasteiger partial charge in [-0.05, 0) is 84.0 Å². The molecule has 2 aliphatic carbocycles. The van der Waals surface area contributed by atoms with Crippen LogP contribution < -0.4 is 18.9 Å². The minimum atomic E-state index is 0.336. The summed E-state index contributed by atoms with van der Waals surface area (Å²) in [4.78, 5) is 0. The average Bonchev–Trinajstić information content (AvgIpc) is 3.89. The molecule has 2 saturated carbocycles. The summed E-state index contributed by atoms with van der Waals surface area (Å²) >= 11 is 0. The van der Waals surface area contributed by atoms with Crippen molar-refractivity contribution in [2.24, 2.45) is 11.8 Å². The van der Waals surface area contributed by atoms with E-state index in [1.165, 1.54) is 73.6 Å². The largest absolute Gasteiger partial charge is 0.487 e. The monoisotopic (exact) mass is 676 g/mol. The third-order valence-electron chi connectivity index (χ3n) is 10.7. The van der Waals surface area contributed by atoms with Crippen molar-refractivity contribution in [3.8, 4) is 23.0 Å². The first-order valence-corrected chi connectivity index (χ1v) is 18.9. The Balaban J connectivity index is 1.03. The van der Waals surface area contributed by atoms with Gasteiger partial charge in [-0.3, -0.25) is 0 Å². The number of hydrogen-bond acceptors (Lipinski definition) is 6. The maximum Gasteiger partial charge on any atom is 0.161 e. The normalized spacial score (nSPS) is 19.7. The molecule has 0 bridgehead atoms. The van der Waals surface area contributed by atoms with E-state index in [1.807, 2.05) is 0 Å². The molecule has 7 rings (SSSR count). The maximum absolute atomic E-state index is 6.34. The zero-order valence-electron chi connectivity index (χ0n) is 29.3. The van der Waals surface area contributed by atoms with Crippen molar-refractivity contribution in [2.45, 2.75) is 63.2 Å². The number of benzene rings is 4. The highest BCUT2D eigenvalue weighted by atomic mass is 16.6. The van der Waals surface area contributed by atoms with Crippen LogP contribution in [0.15, 0.2) is 97.1 Å². The van der Waals surface area contributed by atoms with Crippen LogP contribution in [-0.4, -0.2) is 52.9 Å². The molecule has 2 unspecified atom stereocenters. The number of rotatable bonds is 6. The van der Waals surface area contributed by atoms with E-state index in [0.717, 1.165) is 23.0 Å². The fourth-order valence-electron chi connectivity index (χ4n) is 8.32. The summed E-state index contributed by atoms with van der Waals surface area (Å²) in [7, 11) is 0. The third-order valence-corrected chi connectivity index (χ3v) is 10.7. The molecular weight excluding hydrogens is 624 g/mol. The van der Waals surface area contributed by atoms with Gasteiger partial charge in [-0.2, -0.15) is 0 Å². The lowest BCUT2D eigenvalue weighted by Crippen LogP contribution is -2.16. The minimum Gasteiger partial charge on any atom is -0.487 e. The summed E-state index contributed by atoms with van der Waals surface area (Å²) < 4.78 is 37.1. The molecule has 2 atom stereocenters. The van der Waals surface area contributed by atoms with Gasteiger partial charge in [0.05, 0.1) is 26.4 Å². The Morgan fingerprint density at radius 2 is 0.720 bits per heavy atom. The lowest BCUT2D eigenvalue weighted by atomic mass is 9.80. The lowest BCUT2D eigenvalue weighted by molar-refractivity contribution is 0.0639. The molecule has 0 radical (unpaired) electrons. The smallest absolute Gasteiger partial charge is 0.161 e. The van der Waals surface area contributed by atoms with Crippen LogP contribution in [0.3, 0.4) is 0 Å². The van der Waals surface area contributed by atoms with Crippen LogP contribution in [0.25, 0.3) is 0 Å². The molecule has 1 aliphatic heterocycles. The third kappa shape index (κ3) is 8.83. The van der Waals surface area contributed by atoms with E-state index >= 15 is 0 Å². The highest BCUT2D eigenvalue weighted by Crippen LogP contribution is 2.45. The van der Waals surface area contributed by atoms with Crippen LogP contribution in [0, 0.1) is 11.8 Å². The first-order valence-electron chi connectivity index (χ1n) is 18.9. The minimum absolute atomic E-state index is 0.336. The lowest BCUT2D eigenvalue weighted by Gasteiger charge is -2.26. The highest BCUT2D eigenvalue weighted by molar-refractivity contribution is 5.48. The molecule has 1 heterocycles. The Morgan fingerprint density at radius 3 is 1.10 bits per heavy atom. The first kappa shape index (κ1) is 34.4. The van der Waals surface area contributed by atoms with Crippen LogP contribution in [0.5, 0.6) is 23.0 Å². The molecule has 0 aromatic heterocycles. The van der Waals surface area contributed by atoms with Gasteiger partial charge in [0.2, 0.25) is 0 Å². The Labute approximate surface area is 298 Å². The van der Waals surface area contributed by atoms with E-state index in [0.29, 0.717) is 76.5 Å². The topological polar surface area (TPSA) is 55.4 Å². The van der Waals surface area contributed by atoms with Crippen molar-refractivity contribution < 1.29 is 28.4 Å². The van der Waals surface area contributed by atoms with Crippen molar-refractivity contribution in [3.05, 3.63) is 119 Å². The van der Waals surface area contributed by atoms with Gasteiger partial charge in [0.15, 0.2) is 23.0 Å². The SMILES string of the molecule is c1ccc(C(c2ccc3c(c2)OCCOCCOc2ccc(C(c4ccccc4)C4CCCC4)cc2OCCOCCO3)C2CCCC2)cc1. The van der Waals surface area contributed by atoms with Gasteiger partial charge >= 0.3 is 0 Å². The van der Waals surface area contributed by atoms with Gasteiger partial charge < -0.3 is 28.4 Å². The van der Waals surface area contributed by atoms with Crippen molar-refractivity contribution in [2.75, 3.05) is 52.9 Å². The van der Waals surface area contributed by atoms with E-state index in [4.69, 9.17) is 28.4 Å². The number of ether oxygens (including phenoxy) is 6. The summed E-state index contributed by atoms with van der Waals surface area (Å²) in [6.07, 6.45) is 10.2. The average molecular weight is 677 g/mol. The van der Waals surface area contributed by atoms with Crippen LogP contribution in [-0.2, 0) is 9.47 Å². The summed E-state index contributed by atoms with van der Waals surface area (Å²) in [5.74, 6) is 4.89. The van der Waals surface area contributed by atoms with Crippen molar-refractivity contribution in [1.82, 2.24) is 0 Å². The summed E-state index contributed by atoms with van der Waals surface area (Å²) in [6.45, 7) is 3.46. The number of fused-ring (bicyclic) bond motifs is 2. The van der Waals surface area contributed by atoms with Gasteiger partial charge in [0.25, 0.3) is 0 Å². The van der Waals surface area contributed by atoms with Crippen molar-refractivity contribution in [1.29, 1.82) is 0 Å². The zero-order chi connectivity index (χ0) is 33.8. The predicted molar refractivity (Wildman–Crippen MR) is 197 cm³/mol. The predicted octanol–water partition coefficient (Wildman–Crippen LogP) is 9.59. The summed E-state index contributed by atoms with van der Waals surface area (Å²) in [6, 6.07) is 34.7. The second-order valence-corrected chi connectivity index (χ2v) is 13.9. The summed E-state index contributed by atoms with van der Waals surface area (Å²) in [5, 5.41) is 0. The second-order valence-electron chi connectivity index (χ2n) is 13.9. The van der Waals surface area contributed by atoms with Crippen molar-refractivity contribution in [3.63, 3.8) is 0 Å². The first-order chi connectivity index (χ1) is 24.8. The van der Waals surface area contributed by atoms with E-state index in [1.54, 1.807) is 0 Å². The molecule has 2 fully saturated rings. The number of hydrogen-bond donors (Lipinski definition) is 0. The fraction of sp³-hybridized carbons (Fsp3) is 0.455. The molecule has 6 heteroatoms. The second kappa shape index (κ2) is 17.8. The van der Waals surface area contributed by atoms with Gasteiger partial charge in [-0.1, -0.05) is 98.5 Å². The molecule has 6 nitrogen and oxygen atoms in total. The molecule has 4 aromatic rings. The fourth-order valence-corrected chi connectivity index (χ4v) is 8.32. The molecule has 0 spiro atoms. The Hall–Kier alpha value is -4.00. The van der Waals surface area contributed by atoms with Crippen LogP contribution in [0.4, 0.5) is 0 Å². The Kier molecular flexibility index (Phi) is 12.2. The molecule has 0 amide bonds. The van der Waals surface area contributed by atoms with Crippen molar-refractivity contribution >= 4 is 0 Å². The van der Waals surface area contributed by atoms with Crippen LogP contribution >= 0.6 is 0 Å². The van der Waals surface area contributed by atoms with E-state index < -0.39 is 0 Å². The summed E-state index contributed by atoms with van der Waals surface area (Å²) in [5.41, 5.74) is 5.27. The van der Waals surface area contributed by atoms with Gasteiger partial charge in [0.1, 0.15) is 26.4 Å². The van der Waals surface area contributed by atoms with E-state index in [9.17, 15) is 0 Å². The Morgan fingerprint density at radius 1 is 0.360 bits per heavy atom. The van der Waals surface area contributed by atoms with Crippen LogP contribution in [0.2, 0.25) is 0 Å².